The van der Waals surface area contributed by atoms with Crippen LogP contribution in [-0.2, 0) is 16.0 Å². The minimum Gasteiger partial charge on any atom is -0.480 e. The highest BCUT2D eigenvalue weighted by Gasteiger charge is 2.13. The van der Waals surface area contributed by atoms with Gasteiger partial charge in [0.25, 0.3) is 0 Å². The lowest BCUT2D eigenvalue weighted by Crippen LogP contribution is -2.21. The van der Waals surface area contributed by atoms with Gasteiger partial charge in [-0.3, -0.25) is 4.98 Å². The Hall–Kier alpha value is -3.25. The van der Waals surface area contributed by atoms with Gasteiger partial charge in [0.2, 0.25) is 0 Å². The Balaban J connectivity index is 1.70. The Morgan fingerprint density at radius 3 is 2.43 bits per heavy atom. The van der Waals surface area contributed by atoms with Crippen LogP contribution in [0.15, 0.2) is 66.9 Å². The number of rotatable bonds is 11. The van der Waals surface area contributed by atoms with Crippen molar-refractivity contribution in [1.82, 2.24) is 9.97 Å². The first-order chi connectivity index (χ1) is 14.6. The molecule has 0 atom stereocenters. The number of anilines is 1. The van der Waals surface area contributed by atoms with Crippen LogP contribution in [0.1, 0.15) is 24.1 Å². The Kier molecular flexibility index (Phi) is 7.92. The van der Waals surface area contributed by atoms with E-state index in [0.717, 1.165) is 48.6 Å². The molecule has 0 saturated carbocycles. The number of hydrogen-bond acceptors (Lipinski definition) is 5. The minimum absolute atomic E-state index is 0.245. The van der Waals surface area contributed by atoms with E-state index in [0.29, 0.717) is 6.61 Å². The standard InChI is InChI=1S/C24H27N3O3/c1-27(14-8-9-15-30-18-23(28)29)22-17-25-21(16-19-10-4-2-5-11-19)24(26-22)20-12-6-3-7-13-20/h2-7,10-13,17H,8-9,14-16,18H2,1H3,(H,28,29). The zero-order valence-corrected chi connectivity index (χ0v) is 17.2. The van der Waals surface area contributed by atoms with E-state index < -0.39 is 5.97 Å². The van der Waals surface area contributed by atoms with Gasteiger partial charge in [-0.05, 0) is 18.4 Å². The second-order valence-corrected chi connectivity index (χ2v) is 7.13. The SMILES string of the molecule is CN(CCCCOCC(=O)O)c1cnc(Cc2ccccc2)c(-c2ccccc2)n1. The first-order valence-corrected chi connectivity index (χ1v) is 10.1. The fraction of sp³-hybridized carbons (Fsp3) is 0.292. The molecular formula is C24H27N3O3. The summed E-state index contributed by atoms with van der Waals surface area (Å²) < 4.78 is 5.09. The molecule has 3 aromatic rings. The second-order valence-electron chi connectivity index (χ2n) is 7.13. The number of carbonyl (C=O) groups is 1. The fourth-order valence-electron chi connectivity index (χ4n) is 3.16. The van der Waals surface area contributed by atoms with Crippen LogP contribution < -0.4 is 4.90 Å². The highest BCUT2D eigenvalue weighted by atomic mass is 16.5. The number of ether oxygens (including phenoxy) is 1. The molecule has 0 aliphatic rings. The molecule has 156 valence electrons. The van der Waals surface area contributed by atoms with Crippen molar-refractivity contribution >= 4 is 11.8 Å². The minimum atomic E-state index is -0.938. The molecule has 0 spiro atoms. The van der Waals surface area contributed by atoms with Crippen molar-refractivity contribution in [2.24, 2.45) is 0 Å². The van der Waals surface area contributed by atoms with Crippen LogP contribution in [0.3, 0.4) is 0 Å². The average molecular weight is 405 g/mol. The monoisotopic (exact) mass is 405 g/mol. The summed E-state index contributed by atoms with van der Waals surface area (Å²) in [6.07, 6.45) is 4.22. The Labute approximate surface area is 177 Å². The maximum atomic E-state index is 10.5. The van der Waals surface area contributed by atoms with E-state index in [-0.39, 0.29) is 6.61 Å². The summed E-state index contributed by atoms with van der Waals surface area (Å²) in [5, 5.41) is 8.59. The topological polar surface area (TPSA) is 75.5 Å². The van der Waals surface area contributed by atoms with Gasteiger partial charge >= 0.3 is 5.97 Å². The zero-order chi connectivity index (χ0) is 21.2. The van der Waals surface area contributed by atoms with Crippen molar-refractivity contribution in [2.75, 3.05) is 31.7 Å². The number of unbranched alkanes of at least 4 members (excludes halogenated alkanes) is 1. The van der Waals surface area contributed by atoms with Crippen molar-refractivity contribution in [2.45, 2.75) is 19.3 Å². The van der Waals surface area contributed by atoms with E-state index in [2.05, 4.69) is 29.2 Å². The predicted molar refractivity (Wildman–Crippen MR) is 118 cm³/mol. The van der Waals surface area contributed by atoms with Gasteiger partial charge in [0.05, 0.1) is 17.6 Å². The molecule has 0 bridgehead atoms. The van der Waals surface area contributed by atoms with Crippen molar-refractivity contribution in [3.05, 3.63) is 78.1 Å². The molecule has 1 N–H and O–H groups in total. The van der Waals surface area contributed by atoms with Crippen molar-refractivity contribution in [3.63, 3.8) is 0 Å². The quantitative estimate of drug-likeness (QED) is 0.485. The van der Waals surface area contributed by atoms with Crippen LogP contribution in [0, 0.1) is 0 Å². The molecule has 0 amide bonds. The highest BCUT2D eigenvalue weighted by Crippen LogP contribution is 2.25. The molecule has 2 aromatic carbocycles. The lowest BCUT2D eigenvalue weighted by atomic mass is 10.0. The molecule has 1 aromatic heterocycles. The average Bonchev–Trinajstić information content (AvgIpc) is 2.77. The molecule has 0 saturated heterocycles. The molecule has 1 heterocycles. The number of aliphatic carboxylic acids is 1. The van der Waals surface area contributed by atoms with Crippen LogP contribution in [-0.4, -0.2) is 47.8 Å². The molecule has 6 heteroatoms. The summed E-state index contributed by atoms with van der Waals surface area (Å²) in [7, 11) is 1.99. The van der Waals surface area contributed by atoms with Crippen LogP contribution in [0.2, 0.25) is 0 Å². The van der Waals surface area contributed by atoms with Crippen LogP contribution in [0.25, 0.3) is 11.3 Å². The van der Waals surface area contributed by atoms with Crippen molar-refractivity contribution in [1.29, 1.82) is 0 Å². The summed E-state index contributed by atoms with van der Waals surface area (Å²) in [6, 6.07) is 20.4. The van der Waals surface area contributed by atoms with Gasteiger partial charge in [0.1, 0.15) is 12.4 Å². The van der Waals surface area contributed by atoms with E-state index in [1.165, 1.54) is 5.56 Å². The van der Waals surface area contributed by atoms with E-state index in [1.807, 2.05) is 49.6 Å². The molecule has 30 heavy (non-hydrogen) atoms. The third-order valence-corrected chi connectivity index (χ3v) is 4.75. The van der Waals surface area contributed by atoms with Gasteiger partial charge in [-0.15, -0.1) is 0 Å². The molecular weight excluding hydrogens is 378 g/mol. The van der Waals surface area contributed by atoms with Gasteiger partial charge in [-0.1, -0.05) is 60.7 Å². The van der Waals surface area contributed by atoms with Crippen LogP contribution in [0.4, 0.5) is 5.82 Å². The fourth-order valence-corrected chi connectivity index (χ4v) is 3.16. The highest BCUT2D eigenvalue weighted by molar-refractivity contribution is 5.68. The predicted octanol–water partition coefficient (Wildman–Crippen LogP) is 4.05. The van der Waals surface area contributed by atoms with E-state index in [9.17, 15) is 4.79 Å². The third-order valence-electron chi connectivity index (χ3n) is 4.75. The summed E-state index contributed by atoms with van der Waals surface area (Å²) in [5.41, 5.74) is 4.10. The first-order valence-electron chi connectivity index (χ1n) is 10.1. The molecule has 0 fully saturated rings. The van der Waals surface area contributed by atoms with Crippen LogP contribution >= 0.6 is 0 Å². The molecule has 0 aliphatic carbocycles. The van der Waals surface area contributed by atoms with Gasteiger partial charge in [0.15, 0.2) is 0 Å². The van der Waals surface area contributed by atoms with Gasteiger partial charge in [-0.2, -0.15) is 0 Å². The van der Waals surface area contributed by atoms with Gasteiger partial charge in [-0.25, -0.2) is 9.78 Å². The number of carboxylic acid groups (broad SMARTS) is 1. The molecule has 6 nitrogen and oxygen atoms in total. The van der Waals surface area contributed by atoms with Gasteiger partial charge in [0, 0.05) is 32.2 Å². The third kappa shape index (κ3) is 6.39. The van der Waals surface area contributed by atoms with Gasteiger partial charge < -0.3 is 14.7 Å². The number of nitrogens with zero attached hydrogens (tertiary/aromatic N) is 3. The Morgan fingerprint density at radius 1 is 1.03 bits per heavy atom. The van der Waals surface area contributed by atoms with Crippen molar-refractivity contribution in [3.8, 4) is 11.3 Å². The Morgan fingerprint density at radius 2 is 1.73 bits per heavy atom. The number of benzene rings is 2. The lowest BCUT2D eigenvalue weighted by Gasteiger charge is -2.20. The maximum Gasteiger partial charge on any atom is 0.329 e. The molecule has 3 rings (SSSR count). The zero-order valence-electron chi connectivity index (χ0n) is 17.2. The smallest absolute Gasteiger partial charge is 0.329 e. The summed E-state index contributed by atoms with van der Waals surface area (Å²) in [5.74, 6) is -0.122. The van der Waals surface area contributed by atoms with Crippen molar-refractivity contribution < 1.29 is 14.6 Å². The second kappa shape index (κ2) is 11.1. The molecule has 0 radical (unpaired) electrons. The normalized spacial score (nSPS) is 10.7. The lowest BCUT2D eigenvalue weighted by molar-refractivity contribution is -0.142. The summed E-state index contributed by atoms with van der Waals surface area (Å²) in [6.45, 7) is 0.985. The Bertz CT molecular complexity index is 933. The summed E-state index contributed by atoms with van der Waals surface area (Å²) in [4.78, 5) is 22.2. The number of aromatic nitrogens is 2. The first kappa shape index (κ1) is 21.5. The molecule has 0 unspecified atom stereocenters. The number of hydrogen-bond donors (Lipinski definition) is 1. The summed E-state index contributed by atoms with van der Waals surface area (Å²) >= 11 is 0. The van der Waals surface area contributed by atoms with E-state index in [1.54, 1.807) is 0 Å². The number of carboxylic acids is 1. The molecule has 0 aliphatic heterocycles. The van der Waals surface area contributed by atoms with E-state index >= 15 is 0 Å². The van der Waals surface area contributed by atoms with Crippen LogP contribution in [0.5, 0.6) is 0 Å². The largest absolute Gasteiger partial charge is 0.480 e. The maximum absolute atomic E-state index is 10.5. The van der Waals surface area contributed by atoms with E-state index in [4.69, 9.17) is 19.8 Å².